The van der Waals surface area contributed by atoms with Crippen molar-refractivity contribution >= 4 is 95.7 Å². The maximum Gasteiger partial charge on any atom is 0.0361 e. The summed E-state index contributed by atoms with van der Waals surface area (Å²) in [6.45, 7) is 14.4. The molecule has 282 valence electrons. The summed E-state index contributed by atoms with van der Waals surface area (Å²) in [4.78, 5) is 0. The number of thiophene rings is 2. The van der Waals surface area contributed by atoms with Gasteiger partial charge in [0, 0.05) is 56.6 Å². The molecular weight excluding hydrogens is 749 g/mol. The first-order chi connectivity index (χ1) is 28.5. The van der Waals surface area contributed by atoms with Gasteiger partial charge >= 0.3 is 0 Å². The molecule has 0 aliphatic heterocycles. The van der Waals surface area contributed by atoms with Gasteiger partial charge in [-0.3, -0.25) is 0 Å². The van der Waals surface area contributed by atoms with Gasteiger partial charge in [-0.1, -0.05) is 151 Å². The van der Waals surface area contributed by atoms with E-state index in [0.717, 1.165) is 0 Å². The average molecular weight is 791 g/mol. The Balaban J connectivity index is 0.869. The van der Waals surface area contributed by atoms with E-state index in [1.807, 2.05) is 22.7 Å². The van der Waals surface area contributed by atoms with Crippen molar-refractivity contribution in [3.05, 3.63) is 179 Å². The van der Waals surface area contributed by atoms with E-state index in [1.165, 1.54) is 129 Å². The predicted octanol–water partition coefficient (Wildman–Crippen LogP) is 16.8. The van der Waals surface area contributed by atoms with Gasteiger partial charge in [0.05, 0.1) is 0 Å². The summed E-state index contributed by atoms with van der Waals surface area (Å²) in [5.74, 6) is 0. The van der Waals surface area contributed by atoms with Crippen LogP contribution in [-0.4, -0.2) is 0 Å². The van der Waals surface area contributed by atoms with Crippen molar-refractivity contribution in [1.29, 1.82) is 0 Å². The fourth-order valence-electron chi connectivity index (χ4n) is 11.6. The maximum atomic E-state index is 2.51. The van der Waals surface area contributed by atoms with Gasteiger partial charge in [-0.05, 0) is 125 Å². The Kier molecular flexibility index (Phi) is 6.51. The number of hydrogen-bond acceptors (Lipinski definition) is 2. The van der Waals surface area contributed by atoms with Crippen molar-refractivity contribution in [2.75, 3.05) is 0 Å². The van der Waals surface area contributed by atoms with Crippen LogP contribution in [0.5, 0.6) is 0 Å². The van der Waals surface area contributed by atoms with Crippen molar-refractivity contribution in [2.24, 2.45) is 5.41 Å². The highest BCUT2D eigenvalue weighted by Gasteiger charge is 2.37. The number of benzene rings is 8. The molecule has 8 aromatic carbocycles. The van der Waals surface area contributed by atoms with Crippen LogP contribution in [0.25, 0.3) is 95.3 Å². The highest BCUT2D eigenvalue weighted by atomic mass is 32.1. The van der Waals surface area contributed by atoms with Crippen molar-refractivity contribution in [3.8, 4) is 22.3 Å². The minimum atomic E-state index is -0.143. The van der Waals surface area contributed by atoms with E-state index < -0.39 is 0 Å². The lowest BCUT2D eigenvalue weighted by Gasteiger charge is -2.35. The molecule has 0 nitrogen and oxygen atoms in total. The summed E-state index contributed by atoms with van der Waals surface area (Å²) < 4.78 is 5.44. The molecule has 0 radical (unpaired) electrons. The predicted molar refractivity (Wildman–Crippen MR) is 259 cm³/mol. The summed E-state index contributed by atoms with van der Waals surface area (Å²) in [7, 11) is 0. The summed E-state index contributed by atoms with van der Waals surface area (Å²) in [6.07, 6.45) is 4.76. The van der Waals surface area contributed by atoms with Crippen molar-refractivity contribution in [2.45, 2.75) is 52.4 Å². The SMILES string of the molecule is CC1(C)C(c2ccc3c(c2)sc2cc4c(cc23)C(C)(C)c2cccc3cccc-4c23)=CC=C1c1ccc2c(c1)sc1cc3c(cc12)C(C)(C)c1cccc2cccc-3c12. The molecule has 0 amide bonds. The minimum Gasteiger partial charge on any atom is -0.135 e. The Labute approximate surface area is 352 Å². The average Bonchev–Trinajstić information content (AvgIpc) is 3.89. The molecule has 0 spiro atoms. The zero-order chi connectivity index (χ0) is 39.7. The molecule has 2 heteroatoms. The summed E-state index contributed by atoms with van der Waals surface area (Å²) in [6, 6.07) is 51.7. The number of hydrogen-bond donors (Lipinski definition) is 0. The first kappa shape index (κ1) is 34.1. The third-order valence-corrected chi connectivity index (χ3v) is 16.9. The van der Waals surface area contributed by atoms with E-state index in [2.05, 4.69) is 187 Å². The van der Waals surface area contributed by atoms with Crippen LogP contribution in [0.2, 0.25) is 0 Å². The standard InChI is InChI=1S/C57H42S2/c1-55(2)43(33-19-21-35-41-27-47-39(29-51(41)58-49(35)25-33)37-15-7-11-31-13-9-17-45(53(31)37)56(47,3)4)23-24-44(55)34-20-22-36-42-28-48-40(30-52(42)59-50(36)26-34)38-16-8-12-32-14-10-18-46(54(32)38)57(48,5)6/h7-30H,1-6H3. The van der Waals surface area contributed by atoms with Crippen LogP contribution in [0.4, 0.5) is 0 Å². The Morgan fingerprint density at radius 2 is 0.746 bits per heavy atom. The number of rotatable bonds is 2. The lowest BCUT2D eigenvalue weighted by molar-refractivity contribution is 0.646. The van der Waals surface area contributed by atoms with E-state index in [9.17, 15) is 0 Å². The third-order valence-electron chi connectivity index (χ3n) is 14.7. The fourth-order valence-corrected chi connectivity index (χ4v) is 13.9. The van der Waals surface area contributed by atoms with Gasteiger partial charge in [-0.15, -0.1) is 22.7 Å². The Morgan fingerprint density at radius 1 is 0.339 bits per heavy atom. The number of fused-ring (bicyclic) bond motifs is 10. The second-order valence-electron chi connectivity index (χ2n) is 18.9. The molecule has 0 saturated carbocycles. The smallest absolute Gasteiger partial charge is 0.0361 e. The lowest BCUT2D eigenvalue weighted by Crippen LogP contribution is -2.23. The van der Waals surface area contributed by atoms with E-state index in [0.29, 0.717) is 0 Å². The van der Waals surface area contributed by atoms with Gasteiger partial charge in [0.15, 0.2) is 0 Å². The Morgan fingerprint density at radius 3 is 1.19 bits per heavy atom. The molecule has 2 heterocycles. The fraction of sp³-hybridized carbons (Fsp3) is 0.158. The van der Waals surface area contributed by atoms with Crippen LogP contribution in [-0.2, 0) is 10.8 Å². The van der Waals surface area contributed by atoms with E-state index in [-0.39, 0.29) is 16.2 Å². The molecule has 0 fully saturated rings. The highest BCUT2D eigenvalue weighted by Crippen LogP contribution is 2.55. The van der Waals surface area contributed by atoms with Gasteiger partial charge in [0.25, 0.3) is 0 Å². The zero-order valence-corrected chi connectivity index (χ0v) is 35.8. The molecule has 13 rings (SSSR count). The van der Waals surface area contributed by atoms with Gasteiger partial charge in [0.1, 0.15) is 0 Å². The zero-order valence-electron chi connectivity index (χ0n) is 34.2. The minimum absolute atomic E-state index is 0.0801. The molecule has 0 N–H and O–H groups in total. The molecule has 10 aromatic rings. The molecule has 0 unspecified atom stereocenters. The van der Waals surface area contributed by atoms with Crippen LogP contribution in [0.1, 0.15) is 74.9 Å². The molecule has 3 aliphatic carbocycles. The third kappa shape index (κ3) is 4.39. The maximum absolute atomic E-state index is 2.51. The molecular formula is C57H42S2. The van der Waals surface area contributed by atoms with Crippen LogP contribution in [0.15, 0.2) is 146 Å². The summed E-state index contributed by atoms with van der Waals surface area (Å²) >= 11 is 3.88. The van der Waals surface area contributed by atoms with E-state index in [1.54, 1.807) is 0 Å². The quantitative estimate of drug-likeness (QED) is 0.164. The molecule has 0 bridgehead atoms. The highest BCUT2D eigenvalue weighted by molar-refractivity contribution is 7.26. The molecule has 3 aliphatic rings. The molecule has 0 saturated heterocycles. The largest absolute Gasteiger partial charge is 0.135 e. The monoisotopic (exact) mass is 790 g/mol. The summed E-state index contributed by atoms with van der Waals surface area (Å²) in [5, 5.41) is 10.9. The summed E-state index contributed by atoms with van der Waals surface area (Å²) in [5.41, 5.74) is 16.3. The van der Waals surface area contributed by atoms with E-state index in [4.69, 9.17) is 0 Å². The van der Waals surface area contributed by atoms with Crippen LogP contribution in [0.3, 0.4) is 0 Å². The van der Waals surface area contributed by atoms with Gasteiger partial charge in [0.2, 0.25) is 0 Å². The van der Waals surface area contributed by atoms with Gasteiger partial charge in [-0.25, -0.2) is 0 Å². The van der Waals surface area contributed by atoms with Crippen molar-refractivity contribution in [3.63, 3.8) is 0 Å². The normalized spacial score (nSPS) is 16.9. The van der Waals surface area contributed by atoms with Crippen LogP contribution >= 0.6 is 22.7 Å². The van der Waals surface area contributed by atoms with Gasteiger partial charge in [-0.2, -0.15) is 0 Å². The topological polar surface area (TPSA) is 0 Å². The first-order valence-corrected chi connectivity index (χ1v) is 22.6. The first-order valence-electron chi connectivity index (χ1n) is 21.0. The molecule has 0 atom stereocenters. The Hall–Kier alpha value is -5.80. The second-order valence-corrected chi connectivity index (χ2v) is 21.0. The Bertz CT molecular complexity index is 3380. The van der Waals surface area contributed by atoms with Crippen LogP contribution in [0, 0.1) is 5.41 Å². The lowest BCUT2D eigenvalue weighted by atomic mass is 9.68. The van der Waals surface area contributed by atoms with Crippen LogP contribution < -0.4 is 0 Å². The van der Waals surface area contributed by atoms with Crippen molar-refractivity contribution in [1.82, 2.24) is 0 Å². The number of allylic oxidation sites excluding steroid dienone is 4. The molecule has 2 aromatic heterocycles. The molecule has 59 heavy (non-hydrogen) atoms. The second kappa shape index (κ2) is 11.3. The van der Waals surface area contributed by atoms with Crippen molar-refractivity contribution < 1.29 is 0 Å². The van der Waals surface area contributed by atoms with E-state index >= 15 is 0 Å². The van der Waals surface area contributed by atoms with Gasteiger partial charge < -0.3 is 0 Å².